The Hall–Kier alpha value is -2.85. The van der Waals surface area contributed by atoms with Gasteiger partial charge in [-0.2, -0.15) is 8.78 Å². The first-order valence-electron chi connectivity index (χ1n) is 9.48. The molecule has 0 saturated carbocycles. The SMILES string of the molecule is C[C@H]1Oc2ccccc2N(C)C(=O)[C@H]1NC(=O)C(C)(C)C(=O)NCC(F)(F)C(C)(F)F. The number of hydrogen-bond donors (Lipinski definition) is 2. The maximum absolute atomic E-state index is 13.4. The first kappa shape index (κ1) is 24.4. The Bertz CT molecular complexity index is 870. The number of carbonyl (C=O) groups is 3. The molecule has 2 atom stereocenters. The summed E-state index contributed by atoms with van der Waals surface area (Å²) in [5.74, 6) is -11.1. The zero-order chi connectivity index (χ0) is 23.8. The molecule has 0 spiro atoms. The summed E-state index contributed by atoms with van der Waals surface area (Å²) in [6, 6.07) is 5.55. The molecule has 2 N–H and O–H groups in total. The average molecular weight is 447 g/mol. The number of carbonyl (C=O) groups excluding carboxylic acids is 3. The maximum atomic E-state index is 13.4. The molecule has 1 aromatic carbocycles. The summed E-state index contributed by atoms with van der Waals surface area (Å²) >= 11 is 0. The van der Waals surface area contributed by atoms with Crippen LogP contribution in [0.2, 0.25) is 0 Å². The summed E-state index contributed by atoms with van der Waals surface area (Å²) in [4.78, 5) is 39.2. The van der Waals surface area contributed by atoms with Gasteiger partial charge in [0.05, 0.1) is 12.2 Å². The third-order valence-corrected chi connectivity index (χ3v) is 5.14. The lowest BCUT2D eigenvalue weighted by molar-refractivity contribution is -0.195. The van der Waals surface area contributed by atoms with Crippen molar-refractivity contribution in [2.45, 2.75) is 51.7 Å². The summed E-state index contributed by atoms with van der Waals surface area (Å²) < 4.78 is 58.5. The number of anilines is 1. The van der Waals surface area contributed by atoms with Gasteiger partial charge in [-0.25, -0.2) is 8.78 Å². The molecule has 0 radical (unpaired) electrons. The van der Waals surface area contributed by atoms with Crippen LogP contribution in [0, 0.1) is 5.41 Å². The van der Waals surface area contributed by atoms with E-state index >= 15 is 0 Å². The van der Waals surface area contributed by atoms with Crippen LogP contribution in [-0.4, -0.2) is 55.3 Å². The molecule has 1 aliphatic rings. The van der Waals surface area contributed by atoms with E-state index in [1.807, 2.05) is 0 Å². The molecule has 0 unspecified atom stereocenters. The molecule has 1 aliphatic heterocycles. The highest BCUT2D eigenvalue weighted by molar-refractivity contribution is 6.07. The van der Waals surface area contributed by atoms with Gasteiger partial charge in [0.25, 0.3) is 5.91 Å². The van der Waals surface area contributed by atoms with Gasteiger partial charge in [-0.15, -0.1) is 0 Å². The largest absolute Gasteiger partial charge is 0.486 e. The lowest BCUT2D eigenvalue weighted by Gasteiger charge is -2.30. The minimum Gasteiger partial charge on any atom is -0.486 e. The Balaban J connectivity index is 2.14. The van der Waals surface area contributed by atoms with Crippen LogP contribution in [0.1, 0.15) is 27.7 Å². The van der Waals surface area contributed by atoms with Crippen molar-refractivity contribution in [2.75, 3.05) is 18.5 Å². The van der Waals surface area contributed by atoms with Gasteiger partial charge in [-0.1, -0.05) is 12.1 Å². The van der Waals surface area contributed by atoms with Crippen molar-refractivity contribution < 1.29 is 36.7 Å². The molecule has 3 amide bonds. The smallest absolute Gasteiger partial charge is 0.326 e. The van der Waals surface area contributed by atoms with Gasteiger partial charge in [0.1, 0.15) is 23.3 Å². The molecule has 0 fully saturated rings. The van der Waals surface area contributed by atoms with Gasteiger partial charge in [-0.3, -0.25) is 14.4 Å². The molecule has 2 rings (SSSR count). The number of ether oxygens (including phenoxy) is 1. The van der Waals surface area contributed by atoms with Gasteiger partial charge in [0.2, 0.25) is 11.8 Å². The number of fused-ring (bicyclic) bond motifs is 1. The molecule has 31 heavy (non-hydrogen) atoms. The predicted molar refractivity (Wildman–Crippen MR) is 104 cm³/mol. The van der Waals surface area contributed by atoms with Crippen molar-refractivity contribution in [1.82, 2.24) is 10.6 Å². The molecule has 0 aromatic heterocycles. The van der Waals surface area contributed by atoms with Gasteiger partial charge in [-0.05, 0) is 32.9 Å². The number of alkyl halides is 4. The van der Waals surface area contributed by atoms with Crippen molar-refractivity contribution in [2.24, 2.45) is 5.41 Å². The summed E-state index contributed by atoms with van der Waals surface area (Å²) in [5, 5.41) is 4.11. The minimum atomic E-state index is -4.50. The number of likely N-dealkylation sites (N-methyl/N-ethyl adjacent to an activating group) is 1. The van der Waals surface area contributed by atoms with E-state index in [0.29, 0.717) is 11.4 Å². The molecule has 0 bridgehead atoms. The topological polar surface area (TPSA) is 87.7 Å². The summed E-state index contributed by atoms with van der Waals surface area (Å²) in [7, 11) is 1.49. The summed E-state index contributed by atoms with van der Waals surface area (Å²) in [6.45, 7) is 2.20. The standard InChI is InChI=1S/C20H25F4N3O4/c1-11-14(15(28)27(5)12-8-6-7-9-13(12)31-11)26-17(30)18(2,3)16(29)25-10-20(23,24)19(4,21)22/h6-9,11,14H,10H2,1-5H3,(H,25,29)(H,26,30)/t11-,14+/m1/s1. The van der Waals surface area contributed by atoms with E-state index in [-0.39, 0.29) is 6.92 Å². The van der Waals surface area contributed by atoms with Crippen LogP contribution in [0.5, 0.6) is 5.75 Å². The predicted octanol–water partition coefficient (Wildman–Crippen LogP) is 2.35. The van der Waals surface area contributed by atoms with Crippen molar-refractivity contribution in [1.29, 1.82) is 0 Å². The molecule has 11 heteroatoms. The van der Waals surface area contributed by atoms with Crippen LogP contribution in [0.25, 0.3) is 0 Å². The zero-order valence-corrected chi connectivity index (χ0v) is 17.8. The quantitative estimate of drug-likeness (QED) is 0.518. The molecule has 0 saturated heterocycles. The normalized spacial score (nSPS) is 19.8. The number of halogens is 4. The second-order valence-corrected chi connectivity index (χ2v) is 8.04. The number of hydrogen-bond acceptors (Lipinski definition) is 4. The Morgan fingerprint density at radius 2 is 1.68 bits per heavy atom. The number of rotatable bonds is 6. The third-order valence-electron chi connectivity index (χ3n) is 5.14. The van der Waals surface area contributed by atoms with Crippen molar-refractivity contribution in [3.05, 3.63) is 24.3 Å². The van der Waals surface area contributed by atoms with E-state index < -0.39 is 53.7 Å². The van der Waals surface area contributed by atoms with E-state index in [2.05, 4.69) is 5.32 Å². The number of nitrogens with one attached hydrogen (secondary N) is 2. The molecule has 1 heterocycles. The second-order valence-electron chi connectivity index (χ2n) is 8.04. The fourth-order valence-electron chi connectivity index (χ4n) is 2.80. The molecular weight excluding hydrogens is 422 g/mol. The van der Waals surface area contributed by atoms with Crippen molar-refractivity contribution in [3.8, 4) is 5.75 Å². The summed E-state index contributed by atoms with van der Waals surface area (Å²) in [5.41, 5.74) is -1.45. The van der Waals surface area contributed by atoms with Gasteiger partial charge >= 0.3 is 11.8 Å². The van der Waals surface area contributed by atoms with Crippen molar-refractivity contribution >= 4 is 23.4 Å². The molecule has 0 aliphatic carbocycles. The van der Waals surface area contributed by atoms with E-state index in [0.717, 1.165) is 13.8 Å². The Morgan fingerprint density at radius 1 is 1.10 bits per heavy atom. The summed E-state index contributed by atoms with van der Waals surface area (Å²) in [6.07, 6.45) is -0.815. The number of nitrogens with zero attached hydrogens (tertiary/aromatic N) is 1. The van der Waals surface area contributed by atoms with Crippen LogP contribution in [0.15, 0.2) is 24.3 Å². The molecule has 172 valence electrons. The third kappa shape index (κ3) is 4.91. The lowest BCUT2D eigenvalue weighted by atomic mass is 9.90. The van der Waals surface area contributed by atoms with E-state index in [9.17, 15) is 31.9 Å². The monoisotopic (exact) mass is 447 g/mol. The minimum absolute atomic E-state index is 0.0323. The Labute approximate surface area is 177 Å². The van der Waals surface area contributed by atoms with Crippen LogP contribution >= 0.6 is 0 Å². The maximum Gasteiger partial charge on any atom is 0.326 e. The van der Waals surface area contributed by atoms with E-state index in [4.69, 9.17) is 4.74 Å². The van der Waals surface area contributed by atoms with Crippen LogP contribution in [-0.2, 0) is 14.4 Å². The molecule has 1 aromatic rings. The fraction of sp³-hybridized carbons (Fsp3) is 0.550. The zero-order valence-electron chi connectivity index (χ0n) is 17.8. The highest BCUT2D eigenvalue weighted by Gasteiger charge is 2.53. The van der Waals surface area contributed by atoms with E-state index in [1.54, 1.807) is 36.5 Å². The Morgan fingerprint density at radius 3 is 2.26 bits per heavy atom. The first-order chi connectivity index (χ1) is 14.1. The van der Waals surface area contributed by atoms with Crippen LogP contribution in [0.4, 0.5) is 23.2 Å². The van der Waals surface area contributed by atoms with Crippen molar-refractivity contribution in [3.63, 3.8) is 0 Å². The van der Waals surface area contributed by atoms with Crippen LogP contribution in [0.3, 0.4) is 0 Å². The molecule has 7 nitrogen and oxygen atoms in total. The fourth-order valence-corrected chi connectivity index (χ4v) is 2.80. The number of benzene rings is 1. The lowest BCUT2D eigenvalue weighted by Crippen LogP contribution is -2.59. The van der Waals surface area contributed by atoms with Gasteiger partial charge in [0, 0.05) is 14.0 Å². The highest BCUT2D eigenvalue weighted by atomic mass is 19.3. The van der Waals surface area contributed by atoms with Gasteiger partial charge in [0.15, 0.2) is 0 Å². The second kappa shape index (κ2) is 8.35. The van der Waals surface area contributed by atoms with Crippen LogP contribution < -0.4 is 20.3 Å². The average Bonchev–Trinajstić information content (AvgIpc) is 2.75. The highest BCUT2D eigenvalue weighted by Crippen LogP contribution is 2.34. The number of amides is 3. The number of para-hydroxylation sites is 2. The molecular formula is C20H25F4N3O4. The van der Waals surface area contributed by atoms with E-state index in [1.165, 1.54) is 11.9 Å². The first-order valence-corrected chi connectivity index (χ1v) is 9.48. The Kier molecular flexibility index (Phi) is 6.58. The van der Waals surface area contributed by atoms with Gasteiger partial charge < -0.3 is 20.3 Å².